The van der Waals surface area contributed by atoms with Crippen molar-refractivity contribution in [1.29, 1.82) is 0 Å². The third kappa shape index (κ3) is 6.71. The smallest absolute Gasteiger partial charge is 0.164 e. The maximum Gasteiger partial charge on any atom is 0.164 e. The Hall–Kier alpha value is -0.900. The number of benzene rings is 1. The molecule has 0 saturated carbocycles. The molecule has 0 saturated heterocycles. The summed E-state index contributed by atoms with van der Waals surface area (Å²) >= 11 is 5.87. The fourth-order valence-corrected chi connectivity index (χ4v) is 2.07. The van der Waals surface area contributed by atoms with Crippen molar-refractivity contribution >= 4 is 17.4 Å². The Balaban J connectivity index is 2.26. The van der Waals surface area contributed by atoms with E-state index in [0.717, 1.165) is 32.4 Å². The third-order valence-electron chi connectivity index (χ3n) is 3.07. The third-order valence-corrected chi connectivity index (χ3v) is 3.30. The number of halogens is 1. The van der Waals surface area contributed by atoms with Gasteiger partial charge in [0.05, 0.1) is 0 Å². The number of hydrogen-bond donors (Lipinski definition) is 1. The molecule has 0 unspecified atom stereocenters. The molecule has 0 spiro atoms. The van der Waals surface area contributed by atoms with Gasteiger partial charge < -0.3 is 10.0 Å². The molecule has 4 heteroatoms. The van der Waals surface area contributed by atoms with Crippen molar-refractivity contribution in [3.8, 4) is 0 Å². The van der Waals surface area contributed by atoms with Crippen LogP contribution < -0.4 is 0 Å². The maximum atomic E-state index is 12.0. The number of hydrogen-bond acceptors (Lipinski definition) is 3. The minimum absolute atomic E-state index is 0.129. The zero-order valence-electron chi connectivity index (χ0n) is 11.4. The van der Waals surface area contributed by atoms with Crippen LogP contribution in [-0.2, 0) is 0 Å². The van der Waals surface area contributed by atoms with Gasteiger partial charge in [0.2, 0.25) is 0 Å². The summed E-state index contributed by atoms with van der Waals surface area (Å²) in [5.74, 6) is 0.129. The monoisotopic (exact) mass is 283 g/mol. The topological polar surface area (TPSA) is 40.5 Å². The summed E-state index contributed by atoms with van der Waals surface area (Å²) in [5.41, 5.74) is 0.682. The zero-order chi connectivity index (χ0) is 14.1. The SMILES string of the molecule is CN(CCCCCO)CCC(=O)c1cccc(Cl)c1. The molecule has 0 radical (unpaired) electrons. The lowest BCUT2D eigenvalue weighted by Gasteiger charge is -2.15. The average molecular weight is 284 g/mol. The highest BCUT2D eigenvalue weighted by molar-refractivity contribution is 6.31. The second-order valence-corrected chi connectivity index (χ2v) is 5.21. The molecule has 1 aromatic carbocycles. The largest absolute Gasteiger partial charge is 0.396 e. The van der Waals surface area contributed by atoms with E-state index in [4.69, 9.17) is 16.7 Å². The van der Waals surface area contributed by atoms with Crippen LogP contribution in [0, 0.1) is 0 Å². The molecule has 0 amide bonds. The highest BCUT2D eigenvalue weighted by Crippen LogP contribution is 2.12. The molecule has 0 aliphatic carbocycles. The highest BCUT2D eigenvalue weighted by atomic mass is 35.5. The molecule has 0 fully saturated rings. The van der Waals surface area contributed by atoms with Gasteiger partial charge in [-0.05, 0) is 45.0 Å². The summed E-state index contributed by atoms with van der Waals surface area (Å²) in [6.45, 7) is 1.98. The predicted octanol–water partition coefficient (Wildman–Crippen LogP) is 3.01. The van der Waals surface area contributed by atoms with Gasteiger partial charge in [0.1, 0.15) is 0 Å². The van der Waals surface area contributed by atoms with Crippen LogP contribution in [0.5, 0.6) is 0 Å². The predicted molar refractivity (Wildman–Crippen MR) is 78.8 cm³/mol. The van der Waals surface area contributed by atoms with Crippen LogP contribution in [0.25, 0.3) is 0 Å². The molecule has 0 heterocycles. The molecule has 0 aromatic heterocycles. The minimum Gasteiger partial charge on any atom is -0.396 e. The second kappa shape index (κ2) is 9.08. The number of Topliss-reactive ketones (excluding diaryl/α,β-unsaturated/α-hetero) is 1. The van der Waals surface area contributed by atoms with Crippen LogP contribution in [0.3, 0.4) is 0 Å². The number of carbonyl (C=O) groups excluding carboxylic acids is 1. The first-order valence-corrected chi connectivity index (χ1v) is 7.09. The minimum atomic E-state index is 0.129. The van der Waals surface area contributed by atoms with Gasteiger partial charge in [0, 0.05) is 30.2 Å². The van der Waals surface area contributed by atoms with Crippen LogP contribution >= 0.6 is 11.6 Å². The number of nitrogens with zero attached hydrogens (tertiary/aromatic N) is 1. The van der Waals surface area contributed by atoms with Crippen molar-refractivity contribution in [2.24, 2.45) is 0 Å². The van der Waals surface area contributed by atoms with Gasteiger partial charge >= 0.3 is 0 Å². The van der Waals surface area contributed by atoms with Gasteiger partial charge in [-0.2, -0.15) is 0 Å². The molecule has 0 aliphatic heterocycles. The van der Waals surface area contributed by atoms with E-state index in [1.165, 1.54) is 0 Å². The molecule has 0 aliphatic rings. The van der Waals surface area contributed by atoms with Crippen molar-refractivity contribution in [1.82, 2.24) is 4.90 Å². The van der Waals surface area contributed by atoms with E-state index >= 15 is 0 Å². The van der Waals surface area contributed by atoms with E-state index in [2.05, 4.69) is 4.90 Å². The van der Waals surface area contributed by atoms with E-state index in [-0.39, 0.29) is 12.4 Å². The second-order valence-electron chi connectivity index (χ2n) is 4.77. The Morgan fingerprint density at radius 3 is 2.74 bits per heavy atom. The Kier molecular flexibility index (Phi) is 7.72. The van der Waals surface area contributed by atoms with E-state index in [9.17, 15) is 4.79 Å². The molecule has 1 rings (SSSR count). The van der Waals surface area contributed by atoms with Gasteiger partial charge in [-0.15, -0.1) is 0 Å². The summed E-state index contributed by atoms with van der Waals surface area (Å²) < 4.78 is 0. The Bertz CT molecular complexity index is 395. The molecule has 1 aromatic rings. The average Bonchev–Trinajstić information content (AvgIpc) is 2.41. The molecule has 3 nitrogen and oxygen atoms in total. The van der Waals surface area contributed by atoms with Gasteiger partial charge in [-0.1, -0.05) is 23.7 Å². The van der Waals surface area contributed by atoms with Crippen LogP contribution in [0.4, 0.5) is 0 Å². The van der Waals surface area contributed by atoms with Gasteiger partial charge in [-0.3, -0.25) is 4.79 Å². The van der Waals surface area contributed by atoms with Crippen molar-refractivity contribution in [3.05, 3.63) is 34.9 Å². The molecule has 0 atom stereocenters. The number of ketones is 1. The van der Waals surface area contributed by atoms with Crippen molar-refractivity contribution < 1.29 is 9.90 Å². The first-order valence-electron chi connectivity index (χ1n) is 6.71. The quantitative estimate of drug-likeness (QED) is 0.559. The first-order chi connectivity index (χ1) is 9.13. The molecular formula is C15H22ClNO2. The van der Waals surface area contributed by atoms with Crippen LogP contribution in [0.15, 0.2) is 24.3 Å². The Morgan fingerprint density at radius 1 is 1.26 bits per heavy atom. The standard InChI is InChI=1S/C15H22ClNO2/c1-17(9-3-2-4-11-18)10-8-15(19)13-6-5-7-14(16)12-13/h5-7,12,18H,2-4,8-11H2,1H3. The van der Waals surface area contributed by atoms with Gasteiger partial charge in [0.15, 0.2) is 5.78 Å². The molecule has 0 bridgehead atoms. The van der Waals surface area contributed by atoms with E-state index in [0.29, 0.717) is 17.0 Å². The number of carbonyl (C=O) groups is 1. The van der Waals surface area contributed by atoms with E-state index in [1.807, 2.05) is 7.05 Å². The molecule has 106 valence electrons. The number of unbranched alkanes of at least 4 members (excludes halogenated alkanes) is 2. The lowest BCUT2D eigenvalue weighted by Crippen LogP contribution is -2.23. The van der Waals surface area contributed by atoms with Gasteiger partial charge in [-0.25, -0.2) is 0 Å². The Morgan fingerprint density at radius 2 is 2.05 bits per heavy atom. The van der Waals surface area contributed by atoms with E-state index in [1.54, 1.807) is 24.3 Å². The zero-order valence-corrected chi connectivity index (χ0v) is 12.2. The highest BCUT2D eigenvalue weighted by Gasteiger charge is 2.07. The van der Waals surface area contributed by atoms with Crippen molar-refractivity contribution in [2.75, 3.05) is 26.7 Å². The van der Waals surface area contributed by atoms with Crippen LogP contribution in [-0.4, -0.2) is 42.5 Å². The fraction of sp³-hybridized carbons (Fsp3) is 0.533. The first kappa shape index (κ1) is 16.2. The van der Waals surface area contributed by atoms with Gasteiger partial charge in [0.25, 0.3) is 0 Å². The number of aliphatic hydroxyl groups is 1. The van der Waals surface area contributed by atoms with Crippen LogP contribution in [0.2, 0.25) is 5.02 Å². The van der Waals surface area contributed by atoms with Crippen molar-refractivity contribution in [2.45, 2.75) is 25.7 Å². The van der Waals surface area contributed by atoms with Crippen molar-refractivity contribution in [3.63, 3.8) is 0 Å². The molecule has 1 N–H and O–H groups in total. The summed E-state index contributed by atoms with van der Waals surface area (Å²) in [7, 11) is 2.02. The van der Waals surface area contributed by atoms with Crippen LogP contribution in [0.1, 0.15) is 36.0 Å². The summed E-state index contributed by atoms with van der Waals surface area (Å²) in [6, 6.07) is 7.08. The number of rotatable bonds is 9. The molecule has 19 heavy (non-hydrogen) atoms. The summed E-state index contributed by atoms with van der Waals surface area (Å²) in [6.07, 6.45) is 3.46. The van der Waals surface area contributed by atoms with E-state index < -0.39 is 0 Å². The molecular weight excluding hydrogens is 262 g/mol. The maximum absolute atomic E-state index is 12.0. The Labute approximate surface area is 120 Å². The summed E-state index contributed by atoms with van der Waals surface area (Å²) in [4.78, 5) is 14.1. The normalized spacial score (nSPS) is 10.9. The lowest BCUT2D eigenvalue weighted by molar-refractivity contribution is 0.0968. The lowest BCUT2D eigenvalue weighted by atomic mass is 10.1. The summed E-state index contributed by atoms with van der Waals surface area (Å²) in [5, 5.41) is 9.29. The number of aliphatic hydroxyl groups excluding tert-OH is 1. The fourth-order valence-electron chi connectivity index (χ4n) is 1.88.